The molecule has 0 aliphatic heterocycles. The molecular weight excluding hydrogens is 228 g/mol. The first-order valence-electron chi connectivity index (χ1n) is 6.53. The SMILES string of the molecule is CCNc1ccc(C(=O)N(C)CC2CCC2)nn1. The number of hydrogen-bond acceptors (Lipinski definition) is 4. The Kier molecular flexibility index (Phi) is 4.12. The average Bonchev–Trinajstić information content (AvgIpc) is 2.34. The van der Waals surface area contributed by atoms with Crippen molar-refractivity contribution in [3.63, 3.8) is 0 Å². The van der Waals surface area contributed by atoms with Gasteiger partial charge in [-0.2, -0.15) is 0 Å². The van der Waals surface area contributed by atoms with E-state index in [-0.39, 0.29) is 5.91 Å². The number of rotatable bonds is 5. The van der Waals surface area contributed by atoms with Crippen LogP contribution in [0.1, 0.15) is 36.7 Å². The summed E-state index contributed by atoms with van der Waals surface area (Å²) in [5, 5.41) is 11.0. The molecule has 18 heavy (non-hydrogen) atoms. The van der Waals surface area contributed by atoms with Crippen LogP contribution in [0, 0.1) is 5.92 Å². The van der Waals surface area contributed by atoms with Gasteiger partial charge in [-0.05, 0) is 37.8 Å². The normalized spacial score (nSPS) is 15.0. The van der Waals surface area contributed by atoms with Crippen molar-refractivity contribution in [2.24, 2.45) is 5.92 Å². The fraction of sp³-hybridized carbons (Fsp3) is 0.615. The summed E-state index contributed by atoms with van der Waals surface area (Å²) in [6.45, 7) is 3.62. The third-order valence-electron chi connectivity index (χ3n) is 3.35. The average molecular weight is 248 g/mol. The molecule has 5 nitrogen and oxygen atoms in total. The summed E-state index contributed by atoms with van der Waals surface area (Å²) >= 11 is 0. The maximum Gasteiger partial charge on any atom is 0.274 e. The van der Waals surface area contributed by atoms with E-state index in [2.05, 4.69) is 15.5 Å². The van der Waals surface area contributed by atoms with Crippen molar-refractivity contribution < 1.29 is 4.79 Å². The maximum absolute atomic E-state index is 12.1. The molecule has 1 aliphatic rings. The smallest absolute Gasteiger partial charge is 0.274 e. The first kappa shape index (κ1) is 12.8. The summed E-state index contributed by atoms with van der Waals surface area (Å²) in [5.41, 5.74) is 0.415. The lowest BCUT2D eigenvalue weighted by Crippen LogP contribution is -2.34. The molecule has 0 aromatic carbocycles. The number of nitrogens with zero attached hydrogens (tertiary/aromatic N) is 3. The van der Waals surface area contributed by atoms with Crippen molar-refractivity contribution >= 4 is 11.7 Å². The van der Waals surface area contributed by atoms with Crippen LogP contribution < -0.4 is 5.32 Å². The van der Waals surface area contributed by atoms with Crippen molar-refractivity contribution in [3.8, 4) is 0 Å². The second kappa shape index (κ2) is 5.80. The minimum Gasteiger partial charge on any atom is -0.369 e. The number of carbonyl (C=O) groups is 1. The Morgan fingerprint density at radius 3 is 2.72 bits per heavy atom. The molecular formula is C13H20N4O. The summed E-state index contributed by atoms with van der Waals surface area (Å²) < 4.78 is 0. The highest BCUT2D eigenvalue weighted by Gasteiger charge is 2.22. The minimum absolute atomic E-state index is 0.0440. The fourth-order valence-electron chi connectivity index (χ4n) is 2.06. The predicted molar refractivity (Wildman–Crippen MR) is 70.5 cm³/mol. The molecule has 0 spiro atoms. The molecule has 1 amide bonds. The number of carbonyl (C=O) groups excluding carboxylic acids is 1. The first-order valence-corrected chi connectivity index (χ1v) is 6.53. The Bertz CT molecular complexity index is 400. The van der Waals surface area contributed by atoms with Crippen LogP contribution in [0.3, 0.4) is 0 Å². The van der Waals surface area contributed by atoms with Crippen molar-refractivity contribution in [2.45, 2.75) is 26.2 Å². The lowest BCUT2D eigenvalue weighted by Gasteiger charge is -2.29. The molecule has 1 saturated carbocycles. The Morgan fingerprint density at radius 2 is 2.22 bits per heavy atom. The molecule has 1 aromatic heterocycles. The Morgan fingerprint density at radius 1 is 1.44 bits per heavy atom. The van der Waals surface area contributed by atoms with Gasteiger partial charge >= 0.3 is 0 Å². The van der Waals surface area contributed by atoms with Gasteiger partial charge in [-0.3, -0.25) is 4.79 Å². The van der Waals surface area contributed by atoms with E-state index in [0.29, 0.717) is 17.4 Å². The molecule has 1 aromatic rings. The lowest BCUT2D eigenvalue weighted by atomic mass is 9.85. The second-order valence-electron chi connectivity index (χ2n) is 4.82. The summed E-state index contributed by atoms with van der Waals surface area (Å²) in [6, 6.07) is 3.52. The zero-order valence-corrected chi connectivity index (χ0v) is 11.0. The molecule has 1 fully saturated rings. The summed E-state index contributed by atoms with van der Waals surface area (Å²) in [4.78, 5) is 13.8. The molecule has 1 N–H and O–H groups in total. The maximum atomic E-state index is 12.1. The first-order chi connectivity index (χ1) is 8.70. The highest BCUT2D eigenvalue weighted by molar-refractivity contribution is 5.92. The van der Waals surface area contributed by atoms with E-state index in [4.69, 9.17) is 0 Å². The third-order valence-corrected chi connectivity index (χ3v) is 3.35. The molecule has 1 heterocycles. The zero-order chi connectivity index (χ0) is 13.0. The van der Waals surface area contributed by atoms with Gasteiger partial charge in [-0.15, -0.1) is 10.2 Å². The summed E-state index contributed by atoms with van der Waals surface area (Å²) in [7, 11) is 1.83. The Balaban J connectivity index is 1.94. The second-order valence-corrected chi connectivity index (χ2v) is 4.82. The van der Waals surface area contributed by atoms with E-state index in [9.17, 15) is 4.79 Å². The molecule has 0 unspecified atom stereocenters. The van der Waals surface area contributed by atoms with Gasteiger partial charge in [-0.25, -0.2) is 0 Å². The zero-order valence-electron chi connectivity index (χ0n) is 11.0. The number of nitrogens with one attached hydrogen (secondary N) is 1. The van der Waals surface area contributed by atoms with Gasteiger partial charge in [0.05, 0.1) is 0 Å². The van der Waals surface area contributed by atoms with Gasteiger partial charge in [0.2, 0.25) is 0 Å². The van der Waals surface area contributed by atoms with Crippen LogP contribution in [0.2, 0.25) is 0 Å². The van der Waals surface area contributed by atoms with Gasteiger partial charge in [0.1, 0.15) is 5.82 Å². The standard InChI is InChI=1S/C13H20N4O/c1-3-14-12-8-7-11(15-16-12)13(18)17(2)9-10-5-4-6-10/h7-8,10H,3-6,9H2,1-2H3,(H,14,16). The Labute approximate surface area is 108 Å². The summed E-state index contributed by atoms with van der Waals surface area (Å²) in [6.07, 6.45) is 3.77. The van der Waals surface area contributed by atoms with E-state index >= 15 is 0 Å². The number of hydrogen-bond donors (Lipinski definition) is 1. The lowest BCUT2D eigenvalue weighted by molar-refractivity contribution is 0.0738. The highest BCUT2D eigenvalue weighted by atomic mass is 16.2. The Hall–Kier alpha value is -1.65. The predicted octanol–water partition coefficient (Wildman–Crippen LogP) is 1.78. The van der Waals surface area contributed by atoms with Crippen LogP contribution in [0.5, 0.6) is 0 Å². The van der Waals surface area contributed by atoms with Crippen molar-refractivity contribution in [1.82, 2.24) is 15.1 Å². The van der Waals surface area contributed by atoms with Gasteiger partial charge in [0, 0.05) is 20.1 Å². The van der Waals surface area contributed by atoms with Crippen LogP contribution in [-0.2, 0) is 0 Å². The van der Waals surface area contributed by atoms with Gasteiger partial charge < -0.3 is 10.2 Å². The summed E-state index contributed by atoms with van der Waals surface area (Å²) in [5.74, 6) is 1.33. The monoisotopic (exact) mass is 248 g/mol. The largest absolute Gasteiger partial charge is 0.369 e. The quantitative estimate of drug-likeness (QED) is 0.863. The molecule has 5 heteroatoms. The number of anilines is 1. The van der Waals surface area contributed by atoms with Crippen LogP contribution in [-0.4, -0.2) is 41.1 Å². The van der Waals surface area contributed by atoms with Gasteiger partial charge in [-0.1, -0.05) is 6.42 Å². The molecule has 2 rings (SSSR count). The van der Waals surface area contributed by atoms with E-state index in [1.807, 2.05) is 14.0 Å². The van der Waals surface area contributed by atoms with Crippen molar-refractivity contribution in [2.75, 3.05) is 25.5 Å². The molecule has 0 radical (unpaired) electrons. The third kappa shape index (κ3) is 2.97. The van der Waals surface area contributed by atoms with Crippen molar-refractivity contribution in [1.29, 1.82) is 0 Å². The molecule has 0 saturated heterocycles. The van der Waals surface area contributed by atoms with E-state index in [0.717, 1.165) is 13.1 Å². The minimum atomic E-state index is -0.0440. The van der Waals surface area contributed by atoms with E-state index in [1.54, 1.807) is 17.0 Å². The van der Waals surface area contributed by atoms with Gasteiger partial charge in [0.15, 0.2) is 5.69 Å². The highest BCUT2D eigenvalue weighted by Crippen LogP contribution is 2.26. The van der Waals surface area contributed by atoms with Crippen molar-refractivity contribution in [3.05, 3.63) is 17.8 Å². The number of aromatic nitrogens is 2. The molecule has 1 aliphatic carbocycles. The van der Waals surface area contributed by atoms with E-state index < -0.39 is 0 Å². The molecule has 0 atom stereocenters. The van der Waals surface area contributed by atoms with E-state index in [1.165, 1.54) is 19.3 Å². The van der Waals surface area contributed by atoms with Gasteiger partial charge in [0.25, 0.3) is 5.91 Å². The number of amides is 1. The molecule has 0 bridgehead atoms. The van der Waals surface area contributed by atoms with Crippen LogP contribution in [0.25, 0.3) is 0 Å². The van der Waals surface area contributed by atoms with Crippen LogP contribution in [0.15, 0.2) is 12.1 Å². The fourth-order valence-corrected chi connectivity index (χ4v) is 2.06. The molecule has 98 valence electrons. The topological polar surface area (TPSA) is 58.1 Å². The van der Waals surface area contributed by atoms with Crippen LogP contribution >= 0.6 is 0 Å². The van der Waals surface area contributed by atoms with Crippen LogP contribution in [0.4, 0.5) is 5.82 Å².